The molecule has 1 aliphatic heterocycles. The Morgan fingerprint density at radius 1 is 1.25 bits per heavy atom. The molecule has 0 saturated carbocycles. The zero-order chi connectivity index (χ0) is 19.9. The average molecular weight is 383 g/mol. The number of likely N-dealkylation sites (tertiary alicyclic amines) is 1. The number of non-ortho nitro benzene ring substituents is 1. The summed E-state index contributed by atoms with van der Waals surface area (Å²) in [6.45, 7) is 1.35. The lowest BCUT2D eigenvalue weighted by molar-refractivity contribution is -0.384. The van der Waals surface area contributed by atoms with Crippen molar-refractivity contribution in [3.05, 3.63) is 70.2 Å². The minimum absolute atomic E-state index is 0.0176. The number of hydrogen-bond donors (Lipinski definition) is 1. The summed E-state index contributed by atoms with van der Waals surface area (Å²) in [7, 11) is 0. The predicted octanol–water partition coefficient (Wildman–Crippen LogP) is 2.76. The number of benzene rings is 1. The number of nitrogens with one attached hydrogen (secondary N) is 1. The molecule has 0 spiro atoms. The second-order valence-corrected chi connectivity index (χ2v) is 6.58. The van der Waals surface area contributed by atoms with Gasteiger partial charge in [0.1, 0.15) is 5.76 Å². The first kappa shape index (κ1) is 19.3. The minimum Gasteiger partial charge on any atom is -0.467 e. The second kappa shape index (κ2) is 8.98. The predicted molar refractivity (Wildman–Crippen MR) is 102 cm³/mol. The summed E-state index contributed by atoms with van der Waals surface area (Å²) in [5, 5.41) is 13.7. The molecule has 3 rings (SSSR count). The molecule has 1 fully saturated rings. The summed E-state index contributed by atoms with van der Waals surface area (Å²) in [5.74, 6) is 0.378. The molecule has 1 aromatic heterocycles. The van der Waals surface area contributed by atoms with Gasteiger partial charge >= 0.3 is 0 Å². The lowest BCUT2D eigenvalue weighted by Crippen LogP contribution is -2.42. The Kier molecular flexibility index (Phi) is 6.21. The molecule has 2 amide bonds. The number of nitro groups is 1. The molecular formula is C20H21N3O5. The van der Waals surface area contributed by atoms with E-state index < -0.39 is 4.92 Å². The third-order valence-corrected chi connectivity index (χ3v) is 4.69. The highest BCUT2D eigenvalue weighted by molar-refractivity contribution is 5.92. The van der Waals surface area contributed by atoms with E-state index in [1.54, 1.807) is 41.5 Å². The summed E-state index contributed by atoms with van der Waals surface area (Å²) in [4.78, 5) is 36.6. The van der Waals surface area contributed by atoms with E-state index in [2.05, 4.69) is 5.32 Å². The van der Waals surface area contributed by atoms with Crippen molar-refractivity contribution in [2.45, 2.75) is 19.4 Å². The average Bonchev–Trinajstić information content (AvgIpc) is 3.24. The van der Waals surface area contributed by atoms with E-state index in [9.17, 15) is 19.7 Å². The van der Waals surface area contributed by atoms with Crippen molar-refractivity contribution >= 4 is 23.6 Å². The number of amides is 2. The Morgan fingerprint density at radius 3 is 2.71 bits per heavy atom. The summed E-state index contributed by atoms with van der Waals surface area (Å²) >= 11 is 0. The largest absolute Gasteiger partial charge is 0.467 e. The highest BCUT2D eigenvalue weighted by Gasteiger charge is 2.26. The first-order valence-electron chi connectivity index (χ1n) is 9.04. The van der Waals surface area contributed by atoms with E-state index in [4.69, 9.17) is 4.42 Å². The van der Waals surface area contributed by atoms with Gasteiger partial charge in [0.15, 0.2) is 0 Å². The Bertz CT molecular complexity index is 868. The molecule has 0 unspecified atom stereocenters. The maximum atomic E-state index is 12.3. The first-order chi connectivity index (χ1) is 13.5. The van der Waals surface area contributed by atoms with Gasteiger partial charge < -0.3 is 14.6 Å². The number of carbonyl (C=O) groups excluding carboxylic acids is 2. The van der Waals surface area contributed by atoms with Crippen LogP contribution in [0.4, 0.5) is 5.69 Å². The lowest BCUT2D eigenvalue weighted by Gasteiger charge is -2.30. The number of rotatable bonds is 6. The van der Waals surface area contributed by atoms with Crippen LogP contribution in [-0.4, -0.2) is 34.7 Å². The van der Waals surface area contributed by atoms with Crippen LogP contribution in [0.5, 0.6) is 0 Å². The van der Waals surface area contributed by atoms with E-state index >= 15 is 0 Å². The fraction of sp³-hybridized carbons (Fsp3) is 0.300. The fourth-order valence-corrected chi connectivity index (χ4v) is 3.11. The SMILES string of the molecule is O=C(NCc1ccco1)C1CCN(C(=O)/C=C/c2cccc([N+](=O)[O-])c2)CC1. The monoisotopic (exact) mass is 383 g/mol. The van der Waals surface area contributed by atoms with E-state index in [-0.39, 0.29) is 23.4 Å². The molecule has 1 aliphatic rings. The van der Waals surface area contributed by atoms with Gasteiger partial charge in [0, 0.05) is 37.2 Å². The summed E-state index contributed by atoms with van der Waals surface area (Å²) < 4.78 is 5.19. The molecule has 0 aliphatic carbocycles. The van der Waals surface area contributed by atoms with Crippen molar-refractivity contribution < 1.29 is 18.9 Å². The molecule has 28 heavy (non-hydrogen) atoms. The number of piperidine rings is 1. The summed E-state index contributed by atoms with van der Waals surface area (Å²) in [6, 6.07) is 9.67. The Labute approximate surface area is 162 Å². The number of nitrogens with zero attached hydrogens (tertiary/aromatic N) is 2. The third kappa shape index (κ3) is 5.06. The van der Waals surface area contributed by atoms with Crippen LogP contribution < -0.4 is 5.32 Å². The van der Waals surface area contributed by atoms with Crippen molar-refractivity contribution in [3.63, 3.8) is 0 Å². The Morgan fingerprint density at radius 2 is 2.04 bits per heavy atom. The standard InChI is InChI=1S/C20H21N3O5/c24-19(7-6-15-3-1-4-17(13-15)23(26)27)22-10-8-16(9-11-22)20(25)21-14-18-5-2-12-28-18/h1-7,12-13,16H,8-11,14H2,(H,21,25)/b7-6+. The van der Waals surface area contributed by atoms with Gasteiger partial charge in [0.05, 0.1) is 17.7 Å². The molecule has 8 nitrogen and oxygen atoms in total. The summed E-state index contributed by atoms with van der Waals surface area (Å²) in [6.07, 6.45) is 5.74. The van der Waals surface area contributed by atoms with E-state index in [0.29, 0.717) is 43.8 Å². The maximum Gasteiger partial charge on any atom is 0.270 e. The van der Waals surface area contributed by atoms with Gasteiger partial charge in [0.25, 0.3) is 5.69 Å². The van der Waals surface area contributed by atoms with Crippen LogP contribution in [0.2, 0.25) is 0 Å². The highest BCUT2D eigenvalue weighted by Crippen LogP contribution is 2.19. The zero-order valence-electron chi connectivity index (χ0n) is 15.2. The molecule has 1 aromatic carbocycles. The Hall–Kier alpha value is -3.42. The van der Waals surface area contributed by atoms with Crippen molar-refractivity contribution in [2.75, 3.05) is 13.1 Å². The highest BCUT2D eigenvalue weighted by atomic mass is 16.6. The van der Waals surface area contributed by atoms with Gasteiger partial charge in [-0.15, -0.1) is 0 Å². The van der Waals surface area contributed by atoms with Crippen LogP contribution in [0, 0.1) is 16.0 Å². The second-order valence-electron chi connectivity index (χ2n) is 6.58. The molecular weight excluding hydrogens is 362 g/mol. The zero-order valence-corrected chi connectivity index (χ0v) is 15.2. The van der Waals surface area contributed by atoms with Crippen LogP contribution in [0.1, 0.15) is 24.2 Å². The van der Waals surface area contributed by atoms with Gasteiger partial charge in [-0.2, -0.15) is 0 Å². The Balaban J connectivity index is 1.47. The van der Waals surface area contributed by atoms with Crippen LogP contribution in [-0.2, 0) is 16.1 Å². The minimum atomic E-state index is -0.471. The number of carbonyl (C=O) groups is 2. The van der Waals surface area contributed by atoms with Gasteiger partial charge in [-0.25, -0.2) is 0 Å². The molecule has 2 aromatic rings. The molecule has 2 heterocycles. The number of hydrogen-bond acceptors (Lipinski definition) is 5. The van der Waals surface area contributed by atoms with E-state index in [0.717, 1.165) is 0 Å². The van der Waals surface area contributed by atoms with Crippen molar-refractivity contribution in [2.24, 2.45) is 5.92 Å². The van der Waals surface area contributed by atoms with Crippen LogP contribution in [0.3, 0.4) is 0 Å². The van der Waals surface area contributed by atoms with Gasteiger partial charge in [-0.1, -0.05) is 12.1 Å². The van der Waals surface area contributed by atoms with Crippen LogP contribution >= 0.6 is 0 Å². The van der Waals surface area contributed by atoms with Crippen LogP contribution in [0.15, 0.2) is 53.2 Å². The number of furan rings is 1. The van der Waals surface area contributed by atoms with Crippen molar-refractivity contribution in [1.82, 2.24) is 10.2 Å². The maximum absolute atomic E-state index is 12.3. The topological polar surface area (TPSA) is 106 Å². The first-order valence-corrected chi connectivity index (χ1v) is 9.04. The third-order valence-electron chi connectivity index (χ3n) is 4.69. The molecule has 1 N–H and O–H groups in total. The lowest BCUT2D eigenvalue weighted by atomic mass is 9.96. The normalized spacial score (nSPS) is 14.9. The van der Waals surface area contributed by atoms with Crippen LogP contribution in [0.25, 0.3) is 6.08 Å². The van der Waals surface area contributed by atoms with Gasteiger partial charge in [0.2, 0.25) is 11.8 Å². The van der Waals surface area contributed by atoms with E-state index in [1.165, 1.54) is 18.2 Å². The number of nitro benzene ring substituents is 1. The van der Waals surface area contributed by atoms with Gasteiger partial charge in [-0.05, 0) is 36.6 Å². The van der Waals surface area contributed by atoms with Gasteiger partial charge in [-0.3, -0.25) is 19.7 Å². The van der Waals surface area contributed by atoms with Crippen molar-refractivity contribution in [1.29, 1.82) is 0 Å². The molecule has 1 saturated heterocycles. The fourth-order valence-electron chi connectivity index (χ4n) is 3.11. The quantitative estimate of drug-likeness (QED) is 0.469. The molecule has 0 atom stereocenters. The molecule has 8 heteroatoms. The smallest absolute Gasteiger partial charge is 0.270 e. The van der Waals surface area contributed by atoms with E-state index in [1.807, 2.05) is 0 Å². The molecule has 0 bridgehead atoms. The molecule has 146 valence electrons. The summed E-state index contributed by atoms with van der Waals surface area (Å²) in [5.41, 5.74) is 0.575. The molecule has 0 radical (unpaired) electrons. The van der Waals surface area contributed by atoms with Crippen molar-refractivity contribution in [3.8, 4) is 0 Å².